The molecule has 8 heteroatoms. The molecule has 0 N–H and O–H groups in total. The van der Waals surface area contributed by atoms with Gasteiger partial charge in [-0.05, 0) is 48.6 Å². The summed E-state index contributed by atoms with van der Waals surface area (Å²) >= 11 is 2.56. The van der Waals surface area contributed by atoms with Gasteiger partial charge >= 0.3 is 0 Å². The van der Waals surface area contributed by atoms with Gasteiger partial charge in [0, 0.05) is 13.1 Å². The molecule has 3 aromatic rings. The van der Waals surface area contributed by atoms with Crippen LogP contribution in [-0.2, 0) is 4.79 Å². The van der Waals surface area contributed by atoms with Crippen LogP contribution in [0, 0.1) is 5.82 Å². The summed E-state index contributed by atoms with van der Waals surface area (Å²) in [5.41, 5.74) is 0.936. The quantitative estimate of drug-likeness (QED) is 0.403. The minimum atomic E-state index is -0.374. The highest BCUT2D eigenvalue weighted by atomic mass is 32.2. The van der Waals surface area contributed by atoms with Gasteiger partial charge in [0.25, 0.3) is 5.56 Å². The molecule has 0 radical (unpaired) electrons. The molecule has 0 aliphatic carbocycles. The van der Waals surface area contributed by atoms with E-state index in [4.69, 9.17) is 0 Å². The highest BCUT2D eigenvalue weighted by Gasteiger charge is 2.18. The Bertz CT molecular complexity index is 1010. The molecular formula is C20H22FN3O2S2. The predicted octanol–water partition coefficient (Wildman–Crippen LogP) is 4.33. The van der Waals surface area contributed by atoms with Crippen LogP contribution in [0.15, 0.2) is 45.7 Å². The van der Waals surface area contributed by atoms with Crippen LogP contribution in [0.25, 0.3) is 15.9 Å². The fourth-order valence-electron chi connectivity index (χ4n) is 2.93. The van der Waals surface area contributed by atoms with Gasteiger partial charge in [0.1, 0.15) is 10.5 Å². The van der Waals surface area contributed by atoms with Crippen molar-refractivity contribution < 1.29 is 9.18 Å². The lowest BCUT2D eigenvalue weighted by Crippen LogP contribution is -2.34. The molecule has 0 spiro atoms. The summed E-state index contributed by atoms with van der Waals surface area (Å²) in [7, 11) is 0. The first-order valence-corrected chi connectivity index (χ1v) is 11.1. The Kier molecular flexibility index (Phi) is 6.85. The SMILES string of the molecule is CCCN(CCC)C(=O)CSc1nc2ccsc2c(=O)n1-c1ccc(F)cc1. The fraction of sp³-hybridized carbons (Fsp3) is 0.350. The van der Waals surface area contributed by atoms with Crippen molar-refractivity contribution in [2.45, 2.75) is 31.8 Å². The summed E-state index contributed by atoms with van der Waals surface area (Å²) in [5, 5.41) is 2.25. The van der Waals surface area contributed by atoms with E-state index in [9.17, 15) is 14.0 Å². The van der Waals surface area contributed by atoms with E-state index in [1.54, 1.807) is 18.2 Å². The number of aromatic nitrogens is 2. The van der Waals surface area contributed by atoms with Crippen molar-refractivity contribution in [1.82, 2.24) is 14.5 Å². The first-order valence-electron chi connectivity index (χ1n) is 9.22. The smallest absolute Gasteiger partial charge is 0.276 e. The number of thiophene rings is 1. The van der Waals surface area contributed by atoms with Crippen molar-refractivity contribution in [3.63, 3.8) is 0 Å². The Hall–Kier alpha value is -2.19. The van der Waals surface area contributed by atoms with Gasteiger partial charge in [-0.3, -0.25) is 14.2 Å². The molecule has 1 aromatic carbocycles. The maximum atomic E-state index is 13.3. The van der Waals surface area contributed by atoms with Gasteiger partial charge in [0.15, 0.2) is 5.16 Å². The normalized spacial score (nSPS) is 11.1. The number of thioether (sulfide) groups is 1. The van der Waals surface area contributed by atoms with E-state index in [1.807, 2.05) is 24.1 Å². The molecule has 0 bridgehead atoms. The van der Waals surface area contributed by atoms with Crippen molar-refractivity contribution in [2.75, 3.05) is 18.8 Å². The van der Waals surface area contributed by atoms with Crippen LogP contribution in [0.1, 0.15) is 26.7 Å². The van der Waals surface area contributed by atoms with Gasteiger partial charge in [-0.2, -0.15) is 0 Å². The first-order chi connectivity index (χ1) is 13.5. The van der Waals surface area contributed by atoms with Crippen LogP contribution >= 0.6 is 23.1 Å². The second-order valence-corrected chi connectivity index (χ2v) is 8.17. The van der Waals surface area contributed by atoms with Crippen molar-refractivity contribution in [1.29, 1.82) is 0 Å². The van der Waals surface area contributed by atoms with Gasteiger partial charge in [0.2, 0.25) is 5.91 Å². The lowest BCUT2D eigenvalue weighted by molar-refractivity contribution is -0.128. The molecule has 0 fully saturated rings. The highest BCUT2D eigenvalue weighted by Crippen LogP contribution is 2.24. The number of benzene rings is 1. The Morgan fingerprint density at radius 3 is 2.50 bits per heavy atom. The Labute approximate surface area is 171 Å². The molecule has 3 rings (SSSR count). The van der Waals surface area contributed by atoms with Crippen LogP contribution < -0.4 is 5.56 Å². The van der Waals surface area contributed by atoms with E-state index in [-0.39, 0.29) is 23.0 Å². The Morgan fingerprint density at radius 1 is 1.18 bits per heavy atom. The zero-order valence-corrected chi connectivity index (χ0v) is 17.5. The standard InChI is InChI=1S/C20H22FN3O2S2/c1-3-10-23(11-4-2)17(25)13-28-20-22-16-9-12-27-18(16)19(26)24(20)15-7-5-14(21)6-8-15/h5-9,12H,3-4,10-11,13H2,1-2H3. The molecule has 0 saturated heterocycles. The monoisotopic (exact) mass is 419 g/mol. The van der Waals surface area contributed by atoms with Crippen LogP contribution in [-0.4, -0.2) is 39.2 Å². The fourth-order valence-corrected chi connectivity index (χ4v) is 4.60. The molecule has 5 nitrogen and oxygen atoms in total. The molecule has 148 valence electrons. The number of carbonyl (C=O) groups is 1. The van der Waals surface area contributed by atoms with E-state index < -0.39 is 0 Å². The molecule has 0 unspecified atom stereocenters. The summed E-state index contributed by atoms with van der Waals surface area (Å²) in [4.78, 5) is 32.1. The van der Waals surface area contributed by atoms with Gasteiger partial charge in [-0.25, -0.2) is 9.37 Å². The van der Waals surface area contributed by atoms with E-state index in [0.29, 0.717) is 21.1 Å². The van der Waals surface area contributed by atoms with Crippen molar-refractivity contribution in [3.05, 3.63) is 51.9 Å². The maximum absolute atomic E-state index is 13.3. The number of fused-ring (bicyclic) bond motifs is 1. The van der Waals surface area contributed by atoms with Gasteiger partial charge in [-0.1, -0.05) is 25.6 Å². The number of nitrogens with zero attached hydrogens (tertiary/aromatic N) is 3. The highest BCUT2D eigenvalue weighted by molar-refractivity contribution is 7.99. The lowest BCUT2D eigenvalue weighted by Gasteiger charge is -2.21. The minimum Gasteiger partial charge on any atom is -0.342 e. The van der Waals surface area contributed by atoms with E-state index in [0.717, 1.165) is 25.9 Å². The third-order valence-electron chi connectivity index (χ3n) is 4.20. The summed E-state index contributed by atoms with van der Waals surface area (Å²) in [6.07, 6.45) is 1.80. The molecule has 2 heterocycles. The zero-order chi connectivity index (χ0) is 20.1. The van der Waals surface area contributed by atoms with E-state index in [1.165, 1.54) is 39.8 Å². The third-order valence-corrected chi connectivity index (χ3v) is 6.01. The average Bonchev–Trinajstić information content (AvgIpc) is 3.16. The number of carbonyl (C=O) groups excluding carboxylic acids is 1. The van der Waals surface area contributed by atoms with Crippen LogP contribution in [0.2, 0.25) is 0 Å². The summed E-state index contributed by atoms with van der Waals surface area (Å²) < 4.78 is 15.3. The van der Waals surface area contributed by atoms with Gasteiger partial charge in [-0.15, -0.1) is 11.3 Å². The molecule has 2 aromatic heterocycles. The molecule has 0 aliphatic rings. The Morgan fingerprint density at radius 2 is 1.86 bits per heavy atom. The summed E-state index contributed by atoms with van der Waals surface area (Å²) in [5.74, 6) is -0.149. The molecule has 0 atom stereocenters. The van der Waals surface area contributed by atoms with E-state index >= 15 is 0 Å². The van der Waals surface area contributed by atoms with Crippen LogP contribution in [0.4, 0.5) is 4.39 Å². The van der Waals surface area contributed by atoms with Gasteiger partial charge < -0.3 is 4.90 Å². The topological polar surface area (TPSA) is 55.2 Å². The third kappa shape index (κ3) is 4.44. The number of hydrogen-bond acceptors (Lipinski definition) is 5. The number of halogens is 1. The van der Waals surface area contributed by atoms with Gasteiger partial charge in [0.05, 0.1) is 17.0 Å². The molecule has 28 heavy (non-hydrogen) atoms. The zero-order valence-electron chi connectivity index (χ0n) is 15.9. The van der Waals surface area contributed by atoms with Crippen molar-refractivity contribution in [3.8, 4) is 5.69 Å². The van der Waals surface area contributed by atoms with E-state index in [2.05, 4.69) is 4.98 Å². The average molecular weight is 420 g/mol. The largest absolute Gasteiger partial charge is 0.342 e. The van der Waals surface area contributed by atoms with Crippen molar-refractivity contribution in [2.24, 2.45) is 0 Å². The van der Waals surface area contributed by atoms with Crippen LogP contribution in [0.3, 0.4) is 0 Å². The Balaban J connectivity index is 1.95. The molecule has 1 amide bonds. The summed E-state index contributed by atoms with van der Waals surface area (Å²) in [6, 6.07) is 7.51. The minimum absolute atomic E-state index is 0.0269. The van der Waals surface area contributed by atoms with Crippen LogP contribution in [0.5, 0.6) is 0 Å². The lowest BCUT2D eigenvalue weighted by atomic mass is 10.3. The molecule has 0 aliphatic heterocycles. The number of rotatable bonds is 8. The molecular weight excluding hydrogens is 397 g/mol. The number of amides is 1. The van der Waals surface area contributed by atoms with Crippen molar-refractivity contribution >= 4 is 39.2 Å². The second-order valence-electron chi connectivity index (χ2n) is 6.32. The summed E-state index contributed by atoms with van der Waals surface area (Å²) in [6.45, 7) is 5.52. The second kappa shape index (κ2) is 9.34. The predicted molar refractivity (Wildman–Crippen MR) is 113 cm³/mol. The maximum Gasteiger partial charge on any atom is 0.276 e. The first kappa shape index (κ1) is 20.5. The molecule has 0 saturated carbocycles. The number of hydrogen-bond donors (Lipinski definition) is 0.